The van der Waals surface area contributed by atoms with Crippen LogP contribution < -0.4 is 11.0 Å². The normalized spacial score (nSPS) is 18.1. The van der Waals surface area contributed by atoms with Gasteiger partial charge in [-0.1, -0.05) is 23.2 Å². The van der Waals surface area contributed by atoms with E-state index in [-0.39, 0.29) is 27.1 Å². The number of amides is 1. The first-order chi connectivity index (χ1) is 20.4. The monoisotopic (exact) mass is 650 g/mol. The Kier molecular flexibility index (Phi) is 11.0. The van der Waals surface area contributed by atoms with Gasteiger partial charge in [-0.15, -0.1) is 5.59 Å². The van der Waals surface area contributed by atoms with Crippen molar-refractivity contribution in [1.82, 2.24) is 30.7 Å². The largest absolute Gasteiger partial charge is 0.433 e. The summed E-state index contributed by atoms with van der Waals surface area (Å²) in [4.78, 5) is 23.2. The summed E-state index contributed by atoms with van der Waals surface area (Å²) in [6.07, 6.45) is -1.31. The van der Waals surface area contributed by atoms with E-state index in [2.05, 4.69) is 21.1 Å². The summed E-state index contributed by atoms with van der Waals surface area (Å²) in [5.41, 5.74) is 3.31. The van der Waals surface area contributed by atoms with Crippen molar-refractivity contribution < 1.29 is 36.7 Å². The van der Waals surface area contributed by atoms with Crippen LogP contribution in [0.3, 0.4) is 0 Å². The number of hydrogen-bond donors (Lipinski definition) is 3. The molecule has 2 aromatic heterocycles. The lowest BCUT2D eigenvalue weighted by Crippen LogP contribution is -2.37. The van der Waals surface area contributed by atoms with Crippen molar-refractivity contribution >= 4 is 29.1 Å². The Bertz CT molecular complexity index is 1380. The van der Waals surface area contributed by atoms with Gasteiger partial charge in [0.25, 0.3) is 5.91 Å². The average Bonchev–Trinajstić information content (AvgIpc) is 3.38. The number of hydrogen-bond acceptors (Lipinski definition) is 7. The molecule has 1 saturated carbocycles. The number of aliphatic hydroxyl groups excluding tert-OH is 1. The van der Waals surface area contributed by atoms with Crippen LogP contribution in [-0.4, -0.2) is 50.9 Å². The molecule has 1 atom stereocenters. The van der Waals surface area contributed by atoms with Crippen molar-refractivity contribution in [3.63, 3.8) is 0 Å². The SMILES string of the molecule is CONNCC1CCC(n2ncc(C(=O)N(Cc3cc(F)cc(F)c3)CC(O)c3c(Cl)cncc3Cl)c2C(F)(F)F)CC1. The fourth-order valence-electron chi connectivity index (χ4n) is 5.28. The number of benzene rings is 1. The molecule has 3 aromatic rings. The van der Waals surface area contributed by atoms with Crippen molar-refractivity contribution in [3.8, 4) is 0 Å². The first-order valence-corrected chi connectivity index (χ1v) is 14.0. The number of carbonyl (C=O) groups excluding carboxylic acids is 1. The summed E-state index contributed by atoms with van der Waals surface area (Å²) in [6.45, 7) is -0.601. The summed E-state index contributed by atoms with van der Waals surface area (Å²) in [7, 11) is 1.45. The van der Waals surface area contributed by atoms with Crippen molar-refractivity contribution in [3.05, 3.63) is 80.9 Å². The van der Waals surface area contributed by atoms with Gasteiger partial charge in [-0.3, -0.25) is 19.3 Å². The molecule has 1 fully saturated rings. The van der Waals surface area contributed by atoms with Gasteiger partial charge in [0.1, 0.15) is 11.6 Å². The molecule has 43 heavy (non-hydrogen) atoms. The van der Waals surface area contributed by atoms with Gasteiger partial charge in [0.05, 0.1) is 47.6 Å². The number of halogens is 7. The molecule has 4 rings (SSSR count). The molecule has 0 radical (unpaired) electrons. The van der Waals surface area contributed by atoms with Gasteiger partial charge in [-0.25, -0.2) is 14.2 Å². The van der Waals surface area contributed by atoms with E-state index >= 15 is 0 Å². The highest BCUT2D eigenvalue weighted by atomic mass is 35.5. The maximum atomic E-state index is 14.5. The number of aromatic nitrogens is 3. The molecule has 1 aliphatic carbocycles. The highest BCUT2D eigenvalue weighted by Gasteiger charge is 2.43. The van der Waals surface area contributed by atoms with E-state index < -0.39 is 60.2 Å². The second-order valence-electron chi connectivity index (χ2n) is 10.2. The molecule has 0 aliphatic heterocycles. The van der Waals surface area contributed by atoms with E-state index in [9.17, 15) is 31.9 Å². The van der Waals surface area contributed by atoms with Gasteiger partial charge in [0.15, 0.2) is 5.69 Å². The number of alkyl halides is 3. The second-order valence-corrected chi connectivity index (χ2v) is 11.0. The second kappa shape index (κ2) is 14.3. The zero-order chi connectivity index (χ0) is 31.3. The van der Waals surface area contributed by atoms with Gasteiger partial charge < -0.3 is 10.0 Å². The van der Waals surface area contributed by atoms with Crippen LogP contribution in [0.5, 0.6) is 0 Å². The number of pyridine rings is 1. The topological polar surface area (TPSA) is 105 Å². The molecule has 0 saturated heterocycles. The summed E-state index contributed by atoms with van der Waals surface area (Å²) in [5, 5.41) is 14.9. The molecule has 1 aliphatic rings. The summed E-state index contributed by atoms with van der Waals surface area (Å²) in [5.74, 6) is -2.86. The van der Waals surface area contributed by atoms with Crippen LogP contribution >= 0.6 is 23.2 Å². The summed E-state index contributed by atoms with van der Waals surface area (Å²) < 4.78 is 72.3. The quantitative estimate of drug-likeness (QED) is 0.140. The Morgan fingerprint density at radius 2 is 1.74 bits per heavy atom. The molecule has 0 spiro atoms. The van der Waals surface area contributed by atoms with Crippen LogP contribution in [0.4, 0.5) is 22.0 Å². The van der Waals surface area contributed by atoms with Gasteiger partial charge in [0.2, 0.25) is 0 Å². The zero-order valence-electron chi connectivity index (χ0n) is 22.8. The molecular formula is C27H29Cl2F5N6O3. The number of hydrazine groups is 1. The highest BCUT2D eigenvalue weighted by Crippen LogP contribution is 2.39. The van der Waals surface area contributed by atoms with Gasteiger partial charge in [0, 0.05) is 37.1 Å². The first-order valence-electron chi connectivity index (χ1n) is 13.3. The molecule has 1 unspecified atom stereocenters. The highest BCUT2D eigenvalue weighted by molar-refractivity contribution is 6.35. The molecule has 0 bridgehead atoms. The fraction of sp³-hybridized carbons (Fsp3) is 0.444. The Labute approximate surface area is 253 Å². The van der Waals surface area contributed by atoms with Crippen LogP contribution in [-0.2, 0) is 17.6 Å². The smallest absolute Gasteiger partial charge is 0.386 e. The molecule has 16 heteroatoms. The maximum Gasteiger partial charge on any atom is 0.433 e. The lowest BCUT2D eigenvalue weighted by Gasteiger charge is -2.30. The van der Waals surface area contributed by atoms with Crippen molar-refractivity contribution in [2.24, 2.45) is 5.92 Å². The maximum absolute atomic E-state index is 14.5. The zero-order valence-corrected chi connectivity index (χ0v) is 24.4. The van der Waals surface area contributed by atoms with Crippen LogP contribution in [0.15, 0.2) is 36.8 Å². The van der Waals surface area contributed by atoms with E-state index in [1.165, 1.54) is 19.5 Å². The number of nitrogens with zero attached hydrogens (tertiary/aromatic N) is 4. The van der Waals surface area contributed by atoms with Crippen LogP contribution in [0, 0.1) is 17.6 Å². The molecule has 1 amide bonds. The Morgan fingerprint density at radius 3 is 2.33 bits per heavy atom. The Morgan fingerprint density at radius 1 is 1.12 bits per heavy atom. The molecule has 9 nitrogen and oxygen atoms in total. The Hall–Kier alpha value is -2.88. The minimum absolute atomic E-state index is 0.0137. The van der Waals surface area contributed by atoms with Crippen LogP contribution in [0.2, 0.25) is 10.0 Å². The number of rotatable bonds is 11. The standard InChI is InChI=1S/C27H29Cl2F5N6O3/c1-43-38-36-9-15-2-4-19(5-3-15)40-25(27(32,33)34)20(10-37-40)26(42)39(13-16-6-17(30)8-18(31)7-16)14-23(41)24-21(28)11-35-12-22(24)29/h6-8,10-12,15,19,23,36,38,41H,2-5,9,13-14H2,1H3. The first kappa shape index (κ1) is 33.0. The Balaban J connectivity index is 1.66. The van der Waals surface area contributed by atoms with Crippen molar-refractivity contribution in [2.75, 3.05) is 20.2 Å². The predicted octanol–water partition coefficient (Wildman–Crippen LogP) is 5.64. The molecule has 234 valence electrons. The third-order valence-electron chi connectivity index (χ3n) is 7.22. The number of carbonyl (C=O) groups is 1. The summed E-state index contributed by atoms with van der Waals surface area (Å²) in [6, 6.07) is 1.87. The average molecular weight is 651 g/mol. The van der Waals surface area contributed by atoms with Gasteiger partial charge >= 0.3 is 6.18 Å². The van der Waals surface area contributed by atoms with Crippen molar-refractivity contribution in [2.45, 2.75) is 50.6 Å². The van der Waals surface area contributed by atoms with Crippen molar-refractivity contribution in [1.29, 1.82) is 0 Å². The number of nitrogens with one attached hydrogen (secondary N) is 2. The molecular weight excluding hydrogens is 622 g/mol. The van der Waals surface area contributed by atoms with E-state index in [1.54, 1.807) is 0 Å². The third-order valence-corrected chi connectivity index (χ3v) is 7.82. The molecule has 2 heterocycles. The van der Waals surface area contributed by atoms with E-state index in [0.717, 1.165) is 27.9 Å². The molecule has 3 N–H and O–H groups in total. The fourth-order valence-corrected chi connectivity index (χ4v) is 5.90. The van der Waals surface area contributed by atoms with Crippen LogP contribution in [0.1, 0.15) is 65.0 Å². The predicted molar refractivity (Wildman–Crippen MR) is 147 cm³/mol. The van der Waals surface area contributed by atoms with Crippen LogP contribution in [0.25, 0.3) is 0 Å². The lowest BCUT2D eigenvalue weighted by molar-refractivity contribution is -0.145. The summed E-state index contributed by atoms with van der Waals surface area (Å²) >= 11 is 12.3. The van der Waals surface area contributed by atoms with E-state index in [1.807, 2.05) is 0 Å². The minimum Gasteiger partial charge on any atom is -0.386 e. The third kappa shape index (κ3) is 8.19. The van der Waals surface area contributed by atoms with E-state index in [0.29, 0.717) is 38.3 Å². The van der Waals surface area contributed by atoms with Gasteiger partial charge in [-0.2, -0.15) is 18.3 Å². The van der Waals surface area contributed by atoms with Gasteiger partial charge in [-0.05, 0) is 49.3 Å². The lowest BCUT2D eigenvalue weighted by atomic mass is 9.86. The minimum atomic E-state index is -4.96. The molecule has 1 aromatic carbocycles. The number of aliphatic hydroxyl groups is 1. The van der Waals surface area contributed by atoms with E-state index in [4.69, 9.17) is 28.0 Å².